The number of nitrogens with zero attached hydrogens (tertiary/aromatic N) is 1. The molecule has 0 spiro atoms. The minimum absolute atomic E-state index is 0.211. The van der Waals surface area contributed by atoms with Crippen molar-refractivity contribution in [2.75, 3.05) is 37.5 Å². The maximum Gasteiger partial charge on any atom is 0.410 e. The number of benzene rings is 2. The molecule has 2 amide bonds. The van der Waals surface area contributed by atoms with E-state index in [-0.39, 0.29) is 12.0 Å². The summed E-state index contributed by atoms with van der Waals surface area (Å²) in [7, 11) is 1.64. The number of anilines is 2. The van der Waals surface area contributed by atoms with Gasteiger partial charge in [-0.25, -0.2) is 4.79 Å². The molecular weight excluding hydrogens is 478 g/mol. The van der Waals surface area contributed by atoms with E-state index in [0.717, 1.165) is 26.8 Å². The van der Waals surface area contributed by atoms with E-state index in [0.29, 0.717) is 56.3 Å². The fourth-order valence-electron chi connectivity index (χ4n) is 4.14. The maximum absolute atomic E-state index is 13.6. The lowest BCUT2D eigenvalue weighted by Gasteiger charge is -2.26. The Morgan fingerprint density at radius 2 is 1.92 bits per heavy atom. The Bertz CT molecular complexity index is 1230. The molecule has 9 heteroatoms. The molecule has 4 rings (SSSR count). The Balaban J connectivity index is 1.63. The second-order valence-corrected chi connectivity index (χ2v) is 9.27. The van der Waals surface area contributed by atoms with Crippen LogP contribution in [-0.4, -0.2) is 43.8 Å². The monoisotopic (exact) mass is 509 g/mol. The van der Waals surface area contributed by atoms with Crippen molar-refractivity contribution in [3.05, 3.63) is 70.1 Å². The van der Waals surface area contributed by atoms with Gasteiger partial charge in [0.05, 0.1) is 38.1 Å². The van der Waals surface area contributed by atoms with Crippen LogP contribution in [0.4, 0.5) is 15.5 Å². The molecule has 1 aliphatic heterocycles. The predicted molar refractivity (Wildman–Crippen MR) is 141 cm³/mol. The van der Waals surface area contributed by atoms with Crippen LogP contribution in [0.3, 0.4) is 0 Å². The van der Waals surface area contributed by atoms with Crippen molar-refractivity contribution in [3.8, 4) is 11.5 Å². The van der Waals surface area contributed by atoms with Crippen molar-refractivity contribution in [1.29, 1.82) is 0 Å². The molecule has 0 saturated heterocycles. The minimum atomic E-state index is -0.334. The highest BCUT2D eigenvalue weighted by molar-refractivity contribution is 7.16. The number of fused-ring (bicyclic) bond motifs is 1. The lowest BCUT2D eigenvalue weighted by atomic mass is 10.0. The van der Waals surface area contributed by atoms with Crippen LogP contribution in [-0.2, 0) is 24.2 Å². The van der Waals surface area contributed by atoms with Crippen molar-refractivity contribution in [3.63, 3.8) is 0 Å². The number of hydrogen-bond donors (Lipinski definition) is 2. The van der Waals surface area contributed by atoms with Crippen molar-refractivity contribution >= 4 is 34.0 Å². The van der Waals surface area contributed by atoms with Crippen molar-refractivity contribution in [2.45, 2.75) is 33.4 Å². The number of para-hydroxylation sites is 2. The first kappa shape index (κ1) is 25.4. The highest BCUT2D eigenvalue weighted by Gasteiger charge is 2.30. The van der Waals surface area contributed by atoms with Gasteiger partial charge in [-0.3, -0.25) is 4.79 Å². The first-order valence-corrected chi connectivity index (χ1v) is 12.8. The van der Waals surface area contributed by atoms with Gasteiger partial charge < -0.3 is 29.7 Å². The number of hydrogen-bond acceptors (Lipinski definition) is 7. The van der Waals surface area contributed by atoms with Gasteiger partial charge in [0, 0.05) is 18.0 Å². The lowest BCUT2D eigenvalue weighted by molar-refractivity contribution is 0.102. The molecule has 0 unspecified atom stereocenters. The summed E-state index contributed by atoms with van der Waals surface area (Å²) in [5, 5.41) is 7.25. The first-order chi connectivity index (χ1) is 17.5. The molecule has 3 aromatic rings. The highest BCUT2D eigenvalue weighted by Crippen LogP contribution is 2.38. The standard InChI is InChI=1S/C27H31N3O5S/c1-4-34-22-12-7-6-11-21(22)29-25(31)24-20-13-14-30(27(32)35-5-2)17-23(20)36-26(24)28-16-18-9-8-10-19(15-18)33-3/h6-12,15,28H,4-5,13-14,16-17H2,1-3H3,(H,29,31). The summed E-state index contributed by atoms with van der Waals surface area (Å²) in [5.74, 6) is 1.18. The van der Waals surface area contributed by atoms with Gasteiger partial charge in [0.1, 0.15) is 16.5 Å². The summed E-state index contributed by atoms with van der Waals surface area (Å²) in [5.41, 5.74) is 3.21. The van der Waals surface area contributed by atoms with E-state index in [2.05, 4.69) is 10.6 Å². The van der Waals surface area contributed by atoms with Crippen LogP contribution >= 0.6 is 11.3 Å². The SMILES string of the molecule is CCOC(=O)N1CCc2c(sc(NCc3cccc(OC)c3)c2C(=O)Nc2ccccc2OCC)C1. The predicted octanol–water partition coefficient (Wildman–Crippen LogP) is 5.53. The van der Waals surface area contributed by atoms with E-state index in [1.54, 1.807) is 18.9 Å². The molecular formula is C27H31N3O5S. The Morgan fingerprint density at radius 1 is 1.08 bits per heavy atom. The maximum atomic E-state index is 13.6. The fourth-order valence-corrected chi connectivity index (χ4v) is 5.40. The molecule has 0 atom stereocenters. The van der Waals surface area contributed by atoms with Crippen LogP contribution in [0.15, 0.2) is 48.5 Å². The molecule has 36 heavy (non-hydrogen) atoms. The van der Waals surface area contributed by atoms with Gasteiger partial charge in [-0.05, 0) is 55.7 Å². The molecule has 0 bridgehead atoms. The van der Waals surface area contributed by atoms with Gasteiger partial charge in [0.25, 0.3) is 5.91 Å². The van der Waals surface area contributed by atoms with E-state index < -0.39 is 0 Å². The Hall–Kier alpha value is -3.72. The number of methoxy groups -OCH3 is 1. The smallest absolute Gasteiger partial charge is 0.410 e. The number of carbonyl (C=O) groups is 2. The molecule has 0 aliphatic carbocycles. The molecule has 0 saturated carbocycles. The van der Waals surface area contributed by atoms with E-state index in [4.69, 9.17) is 14.2 Å². The summed E-state index contributed by atoms with van der Waals surface area (Å²) >= 11 is 1.50. The molecule has 0 radical (unpaired) electrons. The topological polar surface area (TPSA) is 89.1 Å². The number of amides is 2. The third-order valence-corrected chi connectivity index (χ3v) is 7.01. The number of carbonyl (C=O) groups excluding carboxylic acids is 2. The normalized spacial score (nSPS) is 12.5. The summed E-state index contributed by atoms with van der Waals surface area (Å²) in [6.07, 6.45) is 0.237. The zero-order valence-corrected chi connectivity index (χ0v) is 21.6. The van der Waals surface area contributed by atoms with E-state index in [1.165, 1.54) is 11.3 Å². The van der Waals surface area contributed by atoms with E-state index in [1.807, 2.05) is 55.5 Å². The van der Waals surface area contributed by atoms with Crippen LogP contribution in [0.5, 0.6) is 11.5 Å². The lowest BCUT2D eigenvalue weighted by Crippen LogP contribution is -2.36. The van der Waals surface area contributed by atoms with Gasteiger partial charge in [0.15, 0.2) is 0 Å². The Morgan fingerprint density at radius 3 is 2.69 bits per heavy atom. The molecule has 1 aromatic heterocycles. The molecule has 2 N–H and O–H groups in total. The third kappa shape index (κ3) is 5.73. The summed E-state index contributed by atoms with van der Waals surface area (Å²) < 4.78 is 16.2. The molecule has 2 aromatic carbocycles. The zero-order valence-electron chi connectivity index (χ0n) is 20.8. The van der Waals surface area contributed by atoms with Gasteiger partial charge in [0.2, 0.25) is 0 Å². The Labute approximate surface area is 215 Å². The van der Waals surface area contributed by atoms with Crippen LogP contribution in [0.25, 0.3) is 0 Å². The summed E-state index contributed by atoms with van der Waals surface area (Å²) in [6.45, 7) is 5.95. The first-order valence-electron chi connectivity index (χ1n) is 12.0. The molecule has 190 valence electrons. The minimum Gasteiger partial charge on any atom is -0.497 e. The average Bonchev–Trinajstić information content (AvgIpc) is 3.26. The van der Waals surface area contributed by atoms with Crippen molar-refractivity contribution in [2.24, 2.45) is 0 Å². The number of thiophene rings is 1. The number of nitrogens with one attached hydrogen (secondary N) is 2. The number of ether oxygens (including phenoxy) is 3. The van der Waals surface area contributed by atoms with Crippen LogP contribution in [0.1, 0.15) is 40.2 Å². The molecule has 2 heterocycles. The summed E-state index contributed by atoms with van der Waals surface area (Å²) in [6, 6.07) is 15.2. The largest absolute Gasteiger partial charge is 0.497 e. The van der Waals surface area contributed by atoms with Crippen LogP contribution < -0.4 is 20.1 Å². The highest BCUT2D eigenvalue weighted by atomic mass is 32.1. The van der Waals surface area contributed by atoms with Crippen molar-refractivity contribution in [1.82, 2.24) is 4.90 Å². The van der Waals surface area contributed by atoms with E-state index in [9.17, 15) is 9.59 Å². The van der Waals surface area contributed by atoms with Gasteiger partial charge >= 0.3 is 6.09 Å². The van der Waals surface area contributed by atoms with Crippen LogP contribution in [0.2, 0.25) is 0 Å². The molecule has 1 aliphatic rings. The quantitative estimate of drug-likeness (QED) is 0.394. The van der Waals surface area contributed by atoms with E-state index >= 15 is 0 Å². The van der Waals surface area contributed by atoms with Gasteiger partial charge in [-0.2, -0.15) is 0 Å². The number of rotatable bonds is 9. The van der Waals surface area contributed by atoms with Crippen LogP contribution in [0, 0.1) is 0 Å². The molecule has 0 fully saturated rings. The second-order valence-electron chi connectivity index (χ2n) is 8.17. The average molecular weight is 510 g/mol. The third-order valence-electron chi connectivity index (χ3n) is 5.83. The zero-order chi connectivity index (χ0) is 25.5. The molecule has 8 nitrogen and oxygen atoms in total. The Kier molecular flexibility index (Phi) is 8.32. The fraction of sp³-hybridized carbons (Fsp3) is 0.333. The van der Waals surface area contributed by atoms with Crippen molar-refractivity contribution < 1.29 is 23.8 Å². The second kappa shape index (κ2) is 11.8. The summed E-state index contributed by atoms with van der Waals surface area (Å²) in [4.78, 5) is 28.6. The van der Waals surface area contributed by atoms with Gasteiger partial charge in [-0.1, -0.05) is 24.3 Å². The van der Waals surface area contributed by atoms with Gasteiger partial charge in [-0.15, -0.1) is 11.3 Å².